The standard InChI is InChI=1S/C15H23NO2/c1-16(10-12-5-3-4-6-12)11-13-9-14(18-2)7-8-15(13)17/h7-9,12,17H,3-6,10-11H2,1-2H3. The first-order valence-corrected chi connectivity index (χ1v) is 6.73. The number of hydrogen-bond acceptors (Lipinski definition) is 3. The van der Waals surface area contributed by atoms with Crippen molar-refractivity contribution in [3.63, 3.8) is 0 Å². The molecule has 3 heteroatoms. The average Bonchev–Trinajstić information content (AvgIpc) is 2.84. The van der Waals surface area contributed by atoms with Crippen LogP contribution in [0.3, 0.4) is 0 Å². The van der Waals surface area contributed by atoms with Gasteiger partial charge in [0.2, 0.25) is 0 Å². The summed E-state index contributed by atoms with van der Waals surface area (Å²) < 4.78 is 5.20. The third-order valence-electron chi connectivity index (χ3n) is 3.77. The molecule has 1 N–H and O–H groups in total. The van der Waals surface area contributed by atoms with Gasteiger partial charge in [-0.3, -0.25) is 0 Å². The van der Waals surface area contributed by atoms with Gasteiger partial charge >= 0.3 is 0 Å². The van der Waals surface area contributed by atoms with Crippen LogP contribution in [0.4, 0.5) is 0 Å². The van der Waals surface area contributed by atoms with Crippen molar-refractivity contribution in [1.29, 1.82) is 0 Å². The highest BCUT2D eigenvalue weighted by Gasteiger charge is 2.17. The molecule has 0 heterocycles. The minimum atomic E-state index is 0.356. The Hall–Kier alpha value is -1.22. The molecule has 0 radical (unpaired) electrons. The predicted octanol–water partition coefficient (Wildman–Crippen LogP) is 3.02. The van der Waals surface area contributed by atoms with Crippen molar-refractivity contribution in [1.82, 2.24) is 4.90 Å². The van der Waals surface area contributed by atoms with Gasteiger partial charge in [0.1, 0.15) is 11.5 Å². The minimum absolute atomic E-state index is 0.356. The molecule has 0 spiro atoms. The lowest BCUT2D eigenvalue weighted by molar-refractivity contribution is 0.267. The molecule has 1 aliphatic carbocycles. The Morgan fingerprint density at radius 1 is 1.33 bits per heavy atom. The summed E-state index contributed by atoms with van der Waals surface area (Å²) in [6.45, 7) is 1.90. The van der Waals surface area contributed by atoms with Crippen molar-refractivity contribution in [2.45, 2.75) is 32.2 Å². The molecule has 0 amide bonds. The monoisotopic (exact) mass is 249 g/mol. The lowest BCUT2D eigenvalue weighted by atomic mass is 10.1. The maximum atomic E-state index is 9.86. The Balaban J connectivity index is 1.94. The molecule has 0 aromatic heterocycles. The third-order valence-corrected chi connectivity index (χ3v) is 3.77. The highest BCUT2D eigenvalue weighted by Crippen LogP contribution is 2.27. The van der Waals surface area contributed by atoms with Crippen molar-refractivity contribution in [2.75, 3.05) is 20.7 Å². The Labute approximate surface area is 109 Å². The van der Waals surface area contributed by atoms with Crippen LogP contribution in [0.2, 0.25) is 0 Å². The fraction of sp³-hybridized carbons (Fsp3) is 0.600. The number of phenols is 1. The summed E-state index contributed by atoms with van der Waals surface area (Å²) in [7, 11) is 3.77. The Bertz CT molecular complexity index is 386. The molecule has 1 fully saturated rings. The van der Waals surface area contributed by atoms with Gasteiger partial charge < -0.3 is 14.7 Å². The quantitative estimate of drug-likeness (QED) is 0.870. The van der Waals surface area contributed by atoms with E-state index in [1.807, 2.05) is 6.07 Å². The van der Waals surface area contributed by atoms with Crippen LogP contribution in [0.25, 0.3) is 0 Å². The predicted molar refractivity (Wildman–Crippen MR) is 73.0 cm³/mol. The van der Waals surface area contributed by atoms with Crippen molar-refractivity contribution in [3.05, 3.63) is 23.8 Å². The van der Waals surface area contributed by atoms with Gasteiger partial charge in [-0.05, 0) is 44.0 Å². The zero-order valence-electron chi connectivity index (χ0n) is 11.4. The fourth-order valence-electron chi connectivity index (χ4n) is 2.80. The summed E-state index contributed by atoms with van der Waals surface area (Å²) in [6, 6.07) is 5.41. The second-order valence-electron chi connectivity index (χ2n) is 5.34. The van der Waals surface area contributed by atoms with Crippen LogP contribution in [0.1, 0.15) is 31.2 Å². The Kier molecular flexibility index (Phi) is 4.48. The van der Waals surface area contributed by atoms with E-state index >= 15 is 0 Å². The second-order valence-corrected chi connectivity index (χ2v) is 5.34. The number of phenolic OH excluding ortho intramolecular Hbond substituents is 1. The smallest absolute Gasteiger partial charge is 0.120 e. The molecule has 1 aromatic rings. The van der Waals surface area contributed by atoms with E-state index < -0.39 is 0 Å². The first-order valence-electron chi connectivity index (χ1n) is 6.73. The number of nitrogens with zero attached hydrogens (tertiary/aromatic N) is 1. The Morgan fingerprint density at radius 2 is 2.06 bits per heavy atom. The zero-order valence-corrected chi connectivity index (χ0v) is 11.4. The van der Waals surface area contributed by atoms with Crippen molar-refractivity contribution >= 4 is 0 Å². The summed E-state index contributed by atoms with van der Waals surface area (Å²) in [6.07, 6.45) is 5.47. The summed E-state index contributed by atoms with van der Waals surface area (Å²) in [4.78, 5) is 2.30. The van der Waals surface area contributed by atoms with Crippen molar-refractivity contribution < 1.29 is 9.84 Å². The molecule has 0 aliphatic heterocycles. The second kappa shape index (κ2) is 6.10. The van der Waals surface area contributed by atoms with Crippen LogP contribution < -0.4 is 4.74 Å². The van der Waals surface area contributed by atoms with E-state index in [-0.39, 0.29) is 0 Å². The molecule has 1 saturated carbocycles. The van der Waals surface area contributed by atoms with E-state index in [0.29, 0.717) is 5.75 Å². The Morgan fingerprint density at radius 3 is 2.72 bits per heavy atom. The van der Waals surface area contributed by atoms with Gasteiger partial charge in [-0.2, -0.15) is 0 Å². The van der Waals surface area contributed by atoms with Gasteiger partial charge in [0.05, 0.1) is 7.11 Å². The number of ether oxygens (including phenoxy) is 1. The zero-order chi connectivity index (χ0) is 13.0. The van der Waals surface area contributed by atoms with Crippen molar-refractivity contribution in [3.8, 4) is 11.5 Å². The summed E-state index contributed by atoms with van der Waals surface area (Å²) in [5.74, 6) is 1.99. The lowest BCUT2D eigenvalue weighted by Crippen LogP contribution is -2.24. The molecular formula is C15H23NO2. The van der Waals surface area contributed by atoms with E-state index in [2.05, 4.69) is 11.9 Å². The van der Waals surface area contributed by atoms with Gasteiger partial charge in [0.15, 0.2) is 0 Å². The molecular weight excluding hydrogens is 226 g/mol. The molecule has 2 rings (SSSR count). The fourth-order valence-corrected chi connectivity index (χ4v) is 2.80. The first-order chi connectivity index (χ1) is 8.69. The summed E-state index contributed by atoms with van der Waals surface area (Å²) in [5, 5.41) is 9.86. The van der Waals surface area contributed by atoms with Crippen LogP contribution in [0, 0.1) is 5.92 Å². The molecule has 0 unspecified atom stereocenters. The van der Waals surface area contributed by atoms with Crippen LogP contribution >= 0.6 is 0 Å². The first kappa shape index (κ1) is 13.2. The number of benzene rings is 1. The third kappa shape index (κ3) is 3.39. The maximum Gasteiger partial charge on any atom is 0.120 e. The number of hydrogen-bond donors (Lipinski definition) is 1. The van der Waals surface area contributed by atoms with Crippen molar-refractivity contribution in [2.24, 2.45) is 5.92 Å². The molecule has 0 bridgehead atoms. The SMILES string of the molecule is COc1ccc(O)c(CN(C)CC2CCCC2)c1. The minimum Gasteiger partial charge on any atom is -0.508 e. The maximum absolute atomic E-state index is 9.86. The number of methoxy groups -OCH3 is 1. The summed E-state index contributed by atoms with van der Waals surface area (Å²) in [5.41, 5.74) is 0.940. The highest BCUT2D eigenvalue weighted by molar-refractivity contribution is 5.39. The number of aromatic hydroxyl groups is 1. The van der Waals surface area contributed by atoms with E-state index in [0.717, 1.165) is 30.3 Å². The van der Waals surface area contributed by atoms with Crippen LogP contribution in [0.15, 0.2) is 18.2 Å². The average molecular weight is 249 g/mol. The van der Waals surface area contributed by atoms with E-state index in [9.17, 15) is 5.11 Å². The normalized spacial score (nSPS) is 16.4. The molecule has 18 heavy (non-hydrogen) atoms. The molecule has 3 nitrogen and oxygen atoms in total. The van der Waals surface area contributed by atoms with E-state index in [1.54, 1.807) is 19.2 Å². The largest absolute Gasteiger partial charge is 0.508 e. The summed E-state index contributed by atoms with van der Waals surface area (Å²) >= 11 is 0. The lowest BCUT2D eigenvalue weighted by Gasteiger charge is -2.21. The van der Waals surface area contributed by atoms with Gasteiger partial charge in [0, 0.05) is 18.7 Å². The topological polar surface area (TPSA) is 32.7 Å². The van der Waals surface area contributed by atoms with Gasteiger partial charge in [-0.15, -0.1) is 0 Å². The van der Waals surface area contributed by atoms with Crippen LogP contribution in [-0.4, -0.2) is 30.7 Å². The molecule has 100 valence electrons. The van der Waals surface area contributed by atoms with E-state index in [4.69, 9.17) is 4.74 Å². The van der Waals surface area contributed by atoms with Gasteiger partial charge in [-0.1, -0.05) is 12.8 Å². The molecule has 1 aromatic carbocycles. The van der Waals surface area contributed by atoms with Crippen LogP contribution in [-0.2, 0) is 6.54 Å². The molecule has 1 aliphatic rings. The number of rotatable bonds is 5. The molecule has 0 atom stereocenters. The van der Waals surface area contributed by atoms with Gasteiger partial charge in [-0.25, -0.2) is 0 Å². The van der Waals surface area contributed by atoms with E-state index in [1.165, 1.54) is 25.7 Å². The van der Waals surface area contributed by atoms with Crippen LogP contribution in [0.5, 0.6) is 11.5 Å². The molecule has 0 saturated heterocycles. The highest BCUT2D eigenvalue weighted by atomic mass is 16.5. The van der Waals surface area contributed by atoms with Gasteiger partial charge in [0.25, 0.3) is 0 Å².